The van der Waals surface area contributed by atoms with Crippen LogP contribution in [-0.2, 0) is 14.3 Å². The van der Waals surface area contributed by atoms with E-state index >= 15 is 0 Å². The third kappa shape index (κ3) is 9.54. The van der Waals surface area contributed by atoms with Crippen molar-refractivity contribution in [3.05, 3.63) is 55.1 Å². The van der Waals surface area contributed by atoms with E-state index in [1.807, 2.05) is 6.92 Å². The fourth-order valence-electron chi connectivity index (χ4n) is 2.66. The van der Waals surface area contributed by atoms with E-state index < -0.39 is 5.97 Å². The highest BCUT2D eigenvalue weighted by atomic mass is 127. The topological polar surface area (TPSA) is 115 Å². The molecule has 0 saturated carbocycles. The van der Waals surface area contributed by atoms with E-state index in [1.54, 1.807) is 25.1 Å². The number of hydrogen-bond donors (Lipinski definition) is 2. The molecule has 0 heterocycles. The van der Waals surface area contributed by atoms with Crippen LogP contribution in [0.4, 0.5) is 0 Å². The van der Waals surface area contributed by atoms with E-state index in [-0.39, 0.29) is 43.0 Å². The largest absolute Gasteiger partial charge is 0.490 e. The third-order valence-corrected chi connectivity index (χ3v) is 5.73. The molecule has 12 heteroatoms. The number of ether oxygens (including phenoxy) is 3. The minimum Gasteiger partial charge on any atom is -0.490 e. The maximum Gasteiger partial charge on any atom is 0.344 e. The summed E-state index contributed by atoms with van der Waals surface area (Å²) in [7, 11) is 0. The van der Waals surface area contributed by atoms with E-state index in [1.165, 1.54) is 18.3 Å². The minimum absolute atomic E-state index is 0.0206. The van der Waals surface area contributed by atoms with E-state index in [0.29, 0.717) is 37.8 Å². The van der Waals surface area contributed by atoms with Gasteiger partial charge in [-0.3, -0.25) is 9.59 Å². The Labute approximate surface area is 226 Å². The van der Waals surface area contributed by atoms with E-state index in [9.17, 15) is 14.4 Å². The van der Waals surface area contributed by atoms with E-state index in [2.05, 4.69) is 38.4 Å². The Morgan fingerprint density at radius 1 is 1.06 bits per heavy atom. The summed E-state index contributed by atoms with van der Waals surface area (Å²) in [5, 5.41) is 7.20. The molecule has 9 nitrogen and oxygen atoms in total. The molecule has 188 valence electrons. The summed E-state index contributed by atoms with van der Waals surface area (Å²) in [6, 6.07) is 7.96. The molecule has 2 aromatic rings. The summed E-state index contributed by atoms with van der Waals surface area (Å²) in [5.74, 6) is -0.388. The number of carbonyl (C=O) groups is 3. The van der Waals surface area contributed by atoms with Gasteiger partial charge in [-0.1, -0.05) is 23.2 Å². The van der Waals surface area contributed by atoms with Gasteiger partial charge in [-0.15, -0.1) is 0 Å². The lowest BCUT2D eigenvalue weighted by Gasteiger charge is -2.14. The molecule has 2 amide bonds. The zero-order valence-corrected chi connectivity index (χ0v) is 22.7. The van der Waals surface area contributed by atoms with Gasteiger partial charge in [0.25, 0.3) is 5.91 Å². The molecule has 0 spiro atoms. The average molecular weight is 636 g/mol. The molecular formula is C23H24Cl2IN3O6. The number of rotatable bonds is 12. The number of benzene rings is 2. The van der Waals surface area contributed by atoms with Crippen molar-refractivity contribution >= 4 is 69.8 Å². The Kier molecular flexibility index (Phi) is 12.1. The molecule has 2 aromatic carbocycles. The molecule has 35 heavy (non-hydrogen) atoms. The highest BCUT2D eigenvalue weighted by molar-refractivity contribution is 14.1. The molecule has 0 saturated heterocycles. The van der Waals surface area contributed by atoms with Gasteiger partial charge in [-0.05, 0) is 72.3 Å². The average Bonchev–Trinajstić information content (AvgIpc) is 2.80. The first-order chi connectivity index (χ1) is 16.7. The quantitative estimate of drug-likeness (QED) is 0.156. The number of nitrogens with zero attached hydrogens (tertiary/aromatic N) is 1. The molecule has 0 radical (unpaired) electrons. The first kappa shape index (κ1) is 28.7. The van der Waals surface area contributed by atoms with Gasteiger partial charge in [0.05, 0.1) is 33.0 Å². The Balaban J connectivity index is 1.89. The minimum atomic E-state index is -0.479. The van der Waals surface area contributed by atoms with Crippen LogP contribution < -0.4 is 20.2 Å². The SMILES string of the molecule is CCOC(=O)COc1c(I)cc(C=NNC(=O)CCNC(=O)c2ccc(Cl)c(Cl)c2)cc1OCC. The van der Waals surface area contributed by atoms with Gasteiger partial charge in [0.15, 0.2) is 18.1 Å². The standard InChI is InChI=1S/C23H24Cl2IN3O6/c1-3-33-19-10-14(9-18(26)22(19)35-13-21(31)34-4-2)12-28-29-20(30)7-8-27-23(32)15-5-6-16(24)17(25)11-15/h5-6,9-12H,3-4,7-8,13H2,1-2H3,(H,27,32)(H,29,30). The summed E-state index contributed by atoms with van der Waals surface area (Å²) in [6.07, 6.45) is 1.47. The summed E-state index contributed by atoms with van der Waals surface area (Å²) in [6.45, 7) is 4.06. The number of esters is 1. The number of halogens is 3. The zero-order valence-electron chi connectivity index (χ0n) is 19.0. The fourth-order valence-corrected chi connectivity index (χ4v) is 3.74. The number of hydrazone groups is 1. The van der Waals surface area contributed by atoms with Gasteiger partial charge in [-0.25, -0.2) is 10.2 Å². The summed E-state index contributed by atoms with van der Waals surface area (Å²) < 4.78 is 16.8. The van der Waals surface area contributed by atoms with Crippen LogP contribution in [0.2, 0.25) is 10.0 Å². The fraction of sp³-hybridized carbons (Fsp3) is 0.304. The van der Waals surface area contributed by atoms with Gasteiger partial charge in [-0.2, -0.15) is 5.10 Å². The molecule has 2 N–H and O–H groups in total. The number of amides is 2. The molecule has 0 aliphatic rings. The van der Waals surface area contributed by atoms with Crippen LogP contribution in [0.15, 0.2) is 35.4 Å². The molecular weight excluding hydrogens is 612 g/mol. The lowest BCUT2D eigenvalue weighted by atomic mass is 10.2. The van der Waals surface area contributed by atoms with Crippen molar-refractivity contribution < 1.29 is 28.6 Å². The molecule has 0 aliphatic heterocycles. The predicted molar refractivity (Wildman–Crippen MR) is 142 cm³/mol. The zero-order chi connectivity index (χ0) is 25.8. The first-order valence-electron chi connectivity index (χ1n) is 10.5. The molecule has 0 atom stereocenters. The van der Waals surface area contributed by atoms with E-state index in [4.69, 9.17) is 37.4 Å². The Morgan fingerprint density at radius 2 is 1.83 bits per heavy atom. The Bertz CT molecular complexity index is 1100. The number of nitrogens with one attached hydrogen (secondary N) is 2. The second-order valence-corrected chi connectivity index (χ2v) is 8.76. The van der Waals surface area contributed by atoms with E-state index in [0.717, 1.165) is 0 Å². The highest BCUT2D eigenvalue weighted by Crippen LogP contribution is 2.34. The molecule has 2 rings (SSSR count). The van der Waals surface area contributed by atoms with Crippen LogP contribution in [0.5, 0.6) is 11.5 Å². The lowest BCUT2D eigenvalue weighted by molar-refractivity contribution is -0.145. The van der Waals surface area contributed by atoms with Crippen LogP contribution in [0.1, 0.15) is 36.2 Å². The van der Waals surface area contributed by atoms with Gasteiger partial charge in [0.1, 0.15) is 0 Å². The smallest absolute Gasteiger partial charge is 0.344 e. The molecule has 0 aliphatic carbocycles. The molecule has 0 aromatic heterocycles. The van der Waals surface area contributed by atoms with Gasteiger partial charge >= 0.3 is 5.97 Å². The second-order valence-electron chi connectivity index (χ2n) is 6.78. The third-order valence-electron chi connectivity index (χ3n) is 4.19. The Hall–Kier alpha value is -2.57. The van der Waals surface area contributed by atoms with Crippen LogP contribution in [-0.4, -0.2) is 50.4 Å². The van der Waals surface area contributed by atoms with Crippen LogP contribution >= 0.6 is 45.8 Å². The monoisotopic (exact) mass is 635 g/mol. The summed E-state index contributed by atoms with van der Waals surface area (Å²) in [4.78, 5) is 35.8. The number of carbonyl (C=O) groups excluding carboxylic acids is 3. The first-order valence-corrected chi connectivity index (χ1v) is 12.4. The maximum absolute atomic E-state index is 12.1. The molecule has 0 bridgehead atoms. The summed E-state index contributed by atoms with van der Waals surface area (Å²) in [5.41, 5.74) is 3.39. The van der Waals surface area contributed by atoms with Crippen molar-refractivity contribution in [1.82, 2.24) is 10.7 Å². The molecule has 0 fully saturated rings. The van der Waals surface area contributed by atoms with Crippen molar-refractivity contribution in [2.75, 3.05) is 26.4 Å². The van der Waals surface area contributed by atoms with Crippen LogP contribution in [0.25, 0.3) is 0 Å². The lowest BCUT2D eigenvalue weighted by Crippen LogP contribution is -2.29. The van der Waals surface area contributed by atoms with Crippen molar-refractivity contribution in [1.29, 1.82) is 0 Å². The van der Waals surface area contributed by atoms with Crippen LogP contribution in [0.3, 0.4) is 0 Å². The summed E-state index contributed by atoms with van der Waals surface area (Å²) >= 11 is 13.8. The normalized spacial score (nSPS) is 10.7. The maximum atomic E-state index is 12.1. The van der Waals surface area contributed by atoms with Gasteiger partial charge in [0.2, 0.25) is 5.91 Å². The predicted octanol–water partition coefficient (Wildman–Crippen LogP) is 4.21. The highest BCUT2D eigenvalue weighted by Gasteiger charge is 2.14. The van der Waals surface area contributed by atoms with Crippen molar-refractivity contribution in [2.45, 2.75) is 20.3 Å². The van der Waals surface area contributed by atoms with Gasteiger partial charge < -0.3 is 19.5 Å². The van der Waals surface area contributed by atoms with Crippen LogP contribution in [0, 0.1) is 3.57 Å². The number of hydrogen-bond acceptors (Lipinski definition) is 7. The molecule has 0 unspecified atom stereocenters. The second kappa shape index (κ2) is 14.7. The Morgan fingerprint density at radius 3 is 2.51 bits per heavy atom. The van der Waals surface area contributed by atoms with Gasteiger partial charge in [0, 0.05) is 18.5 Å². The van der Waals surface area contributed by atoms with Crippen molar-refractivity contribution in [2.24, 2.45) is 5.10 Å². The van der Waals surface area contributed by atoms with Crippen molar-refractivity contribution in [3.63, 3.8) is 0 Å². The van der Waals surface area contributed by atoms with Crippen molar-refractivity contribution in [3.8, 4) is 11.5 Å².